The van der Waals surface area contributed by atoms with Crippen LogP contribution in [-0.4, -0.2) is 48.2 Å². The lowest BCUT2D eigenvalue weighted by Crippen LogP contribution is -2.33. The molecule has 0 atom stereocenters. The highest BCUT2D eigenvalue weighted by Crippen LogP contribution is 2.34. The van der Waals surface area contributed by atoms with Crippen molar-refractivity contribution >= 4 is 40.0 Å². The Labute approximate surface area is 236 Å². The summed E-state index contributed by atoms with van der Waals surface area (Å²) in [6.45, 7) is 3.52. The molecule has 210 valence electrons. The Bertz CT molecular complexity index is 1540. The second kappa shape index (κ2) is 11.5. The number of fused-ring (bicyclic) bond motifs is 1. The van der Waals surface area contributed by atoms with Gasteiger partial charge in [-0.3, -0.25) is 9.36 Å². The number of halogens is 2. The summed E-state index contributed by atoms with van der Waals surface area (Å²) in [5.74, 6) is 1.08. The second-order valence-corrected chi connectivity index (χ2v) is 11.3. The number of hydrogen-bond donors (Lipinski definition) is 2. The molecule has 4 heterocycles. The molecule has 0 unspecified atom stereocenters. The number of hydrogen-bond acceptors (Lipinski definition) is 8. The van der Waals surface area contributed by atoms with E-state index >= 15 is 0 Å². The number of anilines is 3. The maximum Gasteiger partial charge on any atom is 0.288 e. The number of nitrogens with zero attached hydrogens (tertiary/aromatic N) is 7. The number of aromatic nitrogens is 7. The van der Waals surface area contributed by atoms with E-state index in [0.717, 1.165) is 88.1 Å². The molecular formula is C28H33ClFN9O. The van der Waals surface area contributed by atoms with Gasteiger partial charge >= 0.3 is 0 Å². The van der Waals surface area contributed by atoms with Gasteiger partial charge in [-0.2, -0.15) is 10.2 Å². The number of piperidine rings is 1. The molecule has 0 radical (unpaired) electrons. The maximum atomic E-state index is 14.8. The first-order chi connectivity index (χ1) is 19.5. The van der Waals surface area contributed by atoms with E-state index in [1.165, 1.54) is 4.57 Å². The van der Waals surface area contributed by atoms with Gasteiger partial charge in [-0.05, 0) is 69.6 Å². The Morgan fingerprint density at radius 3 is 2.70 bits per heavy atom. The van der Waals surface area contributed by atoms with Crippen molar-refractivity contribution in [1.29, 1.82) is 0 Å². The van der Waals surface area contributed by atoms with Crippen molar-refractivity contribution in [3.63, 3.8) is 0 Å². The van der Waals surface area contributed by atoms with Gasteiger partial charge in [0, 0.05) is 48.4 Å². The van der Waals surface area contributed by atoms with E-state index in [2.05, 4.69) is 40.8 Å². The monoisotopic (exact) mass is 565 g/mol. The van der Waals surface area contributed by atoms with Crippen LogP contribution in [0.5, 0.6) is 0 Å². The Balaban J connectivity index is 1.14. The topological polar surface area (TPSA) is 118 Å². The van der Waals surface area contributed by atoms with Gasteiger partial charge in [0.25, 0.3) is 5.56 Å². The SMILES string of the molecule is Cc1c(F)c(=O)n(C2CCCC2)c2nc(Nc3ccc(N4CCC(CCCc5nn[nH]n5)CC4)c(Cl)c3)ncc12. The van der Waals surface area contributed by atoms with Crippen molar-refractivity contribution < 1.29 is 4.39 Å². The normalized spacial score (nSPS) is 16.7. The summed E-state index contributed by atoms with van der Waals surface area (Å²) in [5.41, 5.74) is 1.90. The summed E-state index contributed by atoms with van der Waals surface area (Å²) < 4.78 is 16.3. The predicted molar refractivity (Wildman–Crippen MR) is 153 cm³/mol. The Morgan fingerprint density at radius 1 is 1.18 bits per heavy atom. The van der Waals surface area contributed by atoms with Crippen LogP contribution in [0.2, 0.25) is 5.02 Å². The molecule has 0 bridgehead atoms. The molecule has 1 aliphatic carbocycles. The molecule has 6 rings (SSSR count). The molecule has 1 saturated carbocycles. The molecule has 1 aromatic carbocycles. The number of rotatable bonds is 8. The van der Waals surface area contributed by atoms with Gasteiger partial charge in [-0.15, -0.1) is 10.2 Å². The lowest BCUT2D eigenvalue weighted by Gasteiger charge is -2.34. The highest BCUT2D eigenvalue weighted by Gasteiger charge is 2.25. The van der Waals surface area contributed by atoms with Crippen LogP contribution in [0.1, 0.15) is 68.8 Å². The molecule has 3 aromatic heterocycles. The summed E-state index contributed by atoms with van der Waals surface area (Å²) in [7, 11) is 0. The maximum absolute atomic E-state index is 14.8. The molecule has 0 spiro atoms. The summed E-state index contributed by atoms with van der Waals surface area (Å²) in [5, 5.41) is 18.6. The highest BCUT2D eigenvalue weighted by atomic mass is 35.5. The van der Waals surface area contributed by atoms with Gasteiger partial charge in [0.05, 0.1) is 10.7 Å². The van der Waals surface area contributed by atoms with Crippen molar-refractivity contribution in [2.45, 2.75) is 70.8 Å². The van der Waals surface area contributed by atoms with E-state index in [9.17, 15) is 9.18 Å². The van der Waals surface area contributed by atoms with Crippen LogP contribution in [0.25, 0.3) is 11.0 Å². The van der Waals surface area contributed by atoms with Crippen molar-refractivity contribution in [2.75, 3.05) is 23.3 Å². The Morgan fingerprint density at radius 2 is 1.98 bits per heavy atom. The van der Waals surface area contributed by atoms with E-state index in [1.54, 1.807) is 13.1 Å². The number of tetrazole rings is 1. The molecule has 12 heteroatoms. The number of benzene rings is 1. The average molecular weight is 566 g/mol. The van der Waals surface area contributed by atoms with Crippen LogP contribution in [-0.2, 0) is 6.42 Å². The lowest BCUT2D eigenvalue weighted by atomic mass is 9.91. The summed E-state index contributed by atoms with van der Waals surface area (Å²) in [6, 6.07) is 5.82. The van der Waals surface area contributed by atoms with Crippen LogP contribution in [0, 0.1) is 18.7 Å². The van der Waals surface area contributed by atoms with Crippen LogP contribution >= 0.6 is 11.6 Å². The van der Waals surface area contributed by atoms with Gasteiger partial charge < -0.3 is 10.2 Å². The molecule has 0 amide bonds. The van der Waals surface area contributed by atoms with Crippen LogP contribution in [0.3, 0.4) is 0 Å². The largest absolute Gasteiger partial charge is 0.370 e. The highest BCUT2D eigenvalue weighted by molar-refractivity contribution is 6.33. The van der Waals surface area contributed by atoms with Gasteiger partial charge in [0.2, 0.25) is 5.95 Å². The molecule has 1 saturated heterocycles. The van der Waals surface area contributed by atoms with Crippen LogP contribution < -0.4 is 15.8 Å². The molecule has 2 aliphatic rings. The Hall–Kier alpha value is -3.60. The average Bonchev–Trinajstić information content (AvgIpc) is 3.68. The predicted octanol–water partition coefficient (Wildman–Crippen LogP) is 5.50. The fourth-order valence-electron chi connectivity index (χ4n) is 6.13. The first-order valence-electron chi connectivity index (χ1n) is 14.1. The van der Waals surface area contributed by atoms with E-state index in [0.29, 0.717) is 27.9 Å². The third-order valence-corrected chi connectivity index (χ3v) is 8.69. The van der Waals surface area contributed by atoms with Crippen molar-refractivity contribution in [1.82, 2.24) is 35.2 Å². The van der Waals surface area contributed by atoms with E-state index in [-0.39, 0.29) is 11.6 Å². The zero-order valence-corrected chi connectivity index (χ0v) is 23.3. The molecule has 2 fully saturated rings. The molecule has 40 heavy (non-hydrogen) atoms. The fraction of sp³-hybridized carbons (Fsp3) is 0.500. The van der Waals surface area contributed by atoms with Gasteiger partial charge in [0.1, 0.15) is 5.65 Å². The van der Waals surface area contributed by atoms with Gasteiger partial charge in [-0.25, -0.2) is 9.37 Å². The summed E-state index contributed by atoms with van der Waals surface area (Å²) in [6.07, 6.45) is 10.6. The minimum Gasteiger partial charge on any atom is -0.370 e. The fourth-order valence-corrected chi connectivity index (χ4v) is 6.43. The summed E-state index contributed by atoms with van der Waals surface area (Å²) in [4.78, 5) is 24.3. The minimum atomic E-state index is -0.723. The third kappa shape index (κ3) is 5.39. The standard InChI is InChI=1S/C28H33ClFN9O/c1-17-21-16-31-28(33-26(21)39(27(40)25(17)30)20-6-2-3-7-20)32-19-9-10-23(22(29)15-19)38-13-11-18(12-14-38)5-4-8-24-34-36-37-35-24/h9-10,15-16,18,20H,2-8,11-14H2,1H3,(H,31,32,33)(H,34,35,36,37). The van der Waals surface area contributed by atoms with E-state index in [1.807, 2.05) is 18.2 Å². The molecule has 2 N–H and O–H groups in total. The molecule has 4 aromatic rings. The molecule has 1 aliphatic heterocycles. The first-order valence-corrected chi connectivity index (χ1v) is 14.5. The molecule has 10 nitrogen and oxygen atoms in total. The second-order valence-electron chi connectivity index (χ2n) is 10.9. The zero-order valence-electron chi connectivity index (χ0n) is 22.5. The lowest BCUT2D eigenvalue weighted by molar-refractivity contribution is 0.372. The zero-order chi connectivity index (χ0) is 27.6. The first kappa shape index (κ1) is 26.6. The van der Waals surface area contributed by atoms with Crippen molar-refractivity contribution in [2.24, 2.45) is 5.92 Å². The third-order valence-electron chi connectivity index (χ3n) is 8.39. The van der Waals surface area contributed by atoms with Gasteiger partial charge in [-0.1, -0.05) is 29.7 Å². The van der Waals surface area contributed by atoms with Gasteiger partial charge in [0.15, 0.2) is 11.6 Å². The van der Waals surface area contributed by atoms with E-state index in [4.69, 9.17) is 11.6 Å². The molecular weight excluding hydrogens is 533 g/mol. The van der Waals surface area contributed by atoms with Crippen molar-refractivity contribution in [3.05, 3.63) is 57.0 Å². The van der Waals surface area contributed by atoms with Crippen LogP contribution in [0.4, 0.5) is 21.7 Å². The number of aromatic amines is 1. The van der Waals surface area contributed by atoms with Crippen LogP contribution in [0.15, 0.2) is 29.2 Å². The Kier molecular flexibility index (Phi) is 7.64. The quantitative estimate of drug-likeness (QED) is 0.287. The van der Waals surface area contributed by atoms with E-state index < -0.39 is 11.4 Å². The number of H-pyrrole nitrogens is 1. The smallest absolute Gasteiger partial charge is 0.288 e. The number of pyridine rings is 1. The van der Waals surface area contributed by atoms with Crippen molar-refractivity contribution in [3.8, 4) is 0 Å². The number of aryl methyl sites for hydroxylation is 2. The minimum absolute atomic E-state index is 0.0452. The summed E-state index contributed by atoms with van der Waals surface area (Å²) >= 11 is 6.74. The number of nitrogens with one attached hydrogen (secondary N) is 2.